The fraction of sp³-hybridized carbons (Fsp3) is 0.333. The van der Waals surface area contributed by atoms with Crippen LogP contribution in [0.4, 0.5) is 17.6 Å². The Bertz CT molecular complexity index is 1140. The topological polar surface area (TPSA) is 104 Å². The molecule has 1 amide bonds. The van der Waals surface area contributed by atoms with Gasteiger partial charge in [-0.25, -0.2) is 17.6 Å². The van der Waals surface area contributed by atoms with Gasteiger partial charge in [-0.2, -0.15) is 17.5 Å². The molecule has 1 saturated heterocycles. The lowest BCUT2D eigenvalue weighted by Crippen LogP contribution is -2.51. The Hall–Kier alpha value is -2.99. The molecule has 12 heteroatoms. The first-order valence-electron chi connectivity index (χ1n) is 9.86. The second-order valence-electron chi connectivity index (χ2n) is 7.53. The number of halogens is 4. The number of carbonyl (C=O) groups excluding carboxylic acids is 1. The number of nitrogens with one attached hydrogen (secondary N) is 1. The zero-order chi connectivity index (χ0) is 24.4. The van der Waals surface area contributed by atoms with Gasteiger partial charge in [-0.1, -0.05) is 18.2 Å². The zero-order valence-electron chi connectivity index (χ0n) is 17.0. The molecule has 7 nitrogen and oxygen atoms in total. The number of amides is 1. The molecule has 2 aromatic carbocycles. The van der Waals surface area contributed by atoms with Crippen molar-refractivity contribution in [3.63, 3.8) is 0 Å². The fourth-order valence-corrected chi connectivity index (χ4v) is 5.29. The number of sulfonamides is 1. The first-order valence-corrected chi connectivity index (χ1v) is 11.3. The molecule has 1 fully saturated rings. The lowest BCUT2D eigenvalue weighted by Gasteiger charge is -2.25. The maximum Gasteiger partial charge on any atom is 0.416 e. The fourth-order valence-electron chi connectivity index (χ4n) is 3.58. The first kappa shape index (κ1) is 24.6. The highest BCUT2D eigenvalue weighted by atomic mass is 32.2. The number of carboxylic acids is 1. The maximum absolute atomic E-state index is 13.1. The molecule has 1 heterocycles. The third-order valence-corrected chi connectivity index (χ3v) is 7.15. The Morgan fingerprint density at radius 2 is 1.82 bits per heavy atom. The van der Waals surface area contributed by atoms with Crippen LogP contribution in [0.2, 0.25) is 0 Å². The summed E-state index contributed by atoms with van der Waals surface area (Å²) in [6, 6.07) is 5.50. The average Bonchev–Trinajstić information content (AvgIpc) is 3.25. The molecule has 0 unspecified atom stereocenters. The molecule has 178 valence electrons. The van der Waals surface area contributed by atoms with Crippen LogP contribution in [0.25, 0.3) is 0 Å². The molecule has 2 aromatic rings. The van der Waals surface area contributed by atoms with E-state index in [1.807, 2.05) is 0 Å². The molecule has 1 aliphatic heterocycles. The summed E-state index contributed by atoms with van der Waals surface area (Å²) in [5, 5.41) is 11.8. The summed E-state index contributed by atoms with van der Waals surface area (Å²) in [7, 11) is -4.45. The van der Waals surface area contributed by atoms with Crippen molar-refractivity contribution in [2.45, 2.75) is 42.4 Å². The van der Waals surface area contributed by atoms with Crippen LogP contribution >= 0.6 is 0 Å². The van der Waals surface area contributed by atoms with Gasteiger partial charge in [-0.05, 0) is 48.7 Å². The van der Waals surface area contributed by atoms with Gasteiger partial charge >= 0.3 is 12.1 Å². The minimum absolute atomic E-state index is 0.0763. The summed E-state index contributed by atoms with van der Waals surface area (Å²) in [6.07, 6.45) is -4.57. The summed E-state index contributed by atoms with van der Waals surface area (Å²) in [5.41, 5.74) is -0.710. The standard InChI is InChI=1S/C21H20F4N2O5S/c22-15-8-6-13(7-9-15)11-17(20(29)30)26-19(28)18-5-2-10-27(18)33(31,32)16-4-1-3-14(12-16)21(23,24)25/h1,3-4,6-9,12,17-18H,2,5,10-11H2,(H,26,28)(H,29,30)/t17-,18-/m0/s1. The molecular formula is C21H20F4N2O5S. The van der Waals surface area contributed by atoms with Crippen molar-refractivity contribution in [2.75, 3.05) is 6.54 Å². The highest BCUT2D eigenvalue weighted by molar-refractivity contribution is 7.89. The van der Waals surface area contributed by atoms with Gasteiger partial charge in [0, 0.05) is 13.0 Å². The van der Waals surface area contributed by atoms with E-state index >= 15 is 0 Å². The van der Waals surface area contributed by atoms with E-state index in [-0.39, 0.29) is 25.8 Å². The monoisotopic (exact) mass is 488 g/mol. The van der Waals surface area contributed by atoms with Crippen molar-refractivity contribution in [3.8, 4) is 0 Å². The van der Waals surface area contributed by atoms with Crippen LogP contribution in [0.5, 0.6) is 0 Å². The molecule has 1 aliphatic rings. The van der Waals surface area contributed by atoms with Crippen molar-refractivity contribution in [2.24, 2.45) is 0 Å². The highest BCUT2D eigenvalue weighted by Gasteiger charge is 2.41. The third-order valence-electron chi connectivity index (χ3n) is 5.24. The second-order valence-corrected chi connectivity index (χ2v) is 9.42. The Balaban J connectivity index is 1.80. The summed E-state index contributed by atoms with van der Waals surface area (Å²) >= 11 is 0. The Morgan fingerprint density at radius 1 is 1.15 bits per heavy atom. The third kappa shape index (κ3) is 5.69. The number of alkyl halides is 3. The molecule has 3 rings (SSSR count). The predicted octanol–water partition coefficient (Wildman–Crippen LogP) is 2.81. The van der Waals surface area contributed by atoms with E-state index in [0.29, 0.717) is 11.6 Å². The Labute approximate surface area is 187 Å². The van der Waals surface area contributed by atoms with E-state index in [1.165, 1.54) is 12.1 Å². The van der Waals surface area contributed by atoms with Crippen molar-refractivity contribution < 1.29 is 40.7 Å². The van der Waals surface area contributed by atoms with Crippen LogP contribution in [0.15, 0.2) is 53.4 Å². The normalized spacial score (nSPS) is 18.1. The van der Waals surface area contributed by atoms with Crippen molar-refractivity contribution in [3.05, 3.63) is 65.5 Å². The van der Waals surface area contributed by atoms with Gasteiger partial charge in [0.2, 0.25) is 15.9 Å². The summed E-state index contributed by atoms with van der Waals surface area (Å²) in [6.45, 7) is -0.105. The maximum atomic E-state index is 13.1. The van der Waals surface area contributed by atoms with Crippen LogP contribution in [0, 0.1) is 5.82 Å². The number of benzene rings is 2. The van der Waals surface area contributed by atoms with Crippen LogP contribution in [-0.2, 0) is 32.2 Å². The number of aliphatic carboxylic acids is 1. The quantitative estimate of drug-likeness (QED) is 0.584. The summed E-state index contributed by atoms with van der Waals surface area (Å²) < 4.78 is 78.9. The van der Waals surface area contributed by atoms with Gasteiger partial charge in [-0.15, -0.1) is 0 Å². The van der Waals surface area contributed by atoms with Crippen LogP contribution in [0.3, 0.4) is 0 Å². The van der Waals surface area contributed by atoms with Gasteiger partial charge in [0.15, 0.2) is 0 Å². The van der Waals surface area contributed by atoms with E-state index < -0.39 is 56.4 Å². The number of rotatable bonds is 7. The summed E-state index contributed by atoms with van der Waals surface area (Å²) in [4.78, 5) is 23.8. The lowest BCUT2D eigenvalue weighted by molar-refractivity contribution is -0.142. The van der Waals surface area contributed by atoms with Crippen molar-refractivity contribution >= 4 is 21.9 Å². The Morgan fingerprint density at radius 3 is 2.42 bits per heavy atom. The molecule has 0 saturated carbocycles. The van der Waals surface area contributed by atoms with E-state index in [1.54, 1.807) is 0 Å². The van der Waals surface area contributed by atoms with E-state index in [0.717, 1.165) is 34.6 Å². The molecule has 2 atom stereocenters. The molecule has 0 aliphatic carbocycles. The lowest BCUT2D eigenvalue weighted by atomic mass is 10.1. The number of carboxylic acid groups (broad SMARTS) is 1. The van der Waals surface area contributed by atoms with Crippen molar-refractivity contribution in [1.29, 1.82) is 0 Å². The van der Waals surface area contributed by atoms with Crippen LogP contribution in [-0.4, -0.2) is 48.3 Å². The number of hydrogen-bond donors (Lipinski definition) is 2. The van der Waals surface area contributed by atoms with Gasteiger partial charge in [0.05, 0.1) is 10.5 Å². The number of carbonyl (C=O) groups is 2. The minimum atomic E-state index is -4.75. The second kappa shape index (κ2) is 9.48. The van der Waals surface area contributed by atoms with Gasteiger partial charge in [0.1, 0.15) is 17.9 Å². The SMILES string of the molecule is O=C(O)[C@H](Cc1ccc(F)cc1)NC(=O)[C@@H]1CCCN1S(=O)(=O)c1cccc(C(F)(F)F)c1. The zero-order valence-corrected chi connectivity index (χ0v) is 17.9. The predicted molar refractivity (Wildman–Crippen MR) is 108 cm³/mol. The Kier molecular flexibility index (Phi) is 7.08. The smallest absolute Gasteiger partial charge is 0.416 e. The molecule has 0 aromatic heterocycles. The molecule has 0 bridgehead atoms. The van der Waals surface area contributed by atoms with E-state index in [4.69, 9.17) is 0 Å². The van der Waals surface area contributed by atoms with Crippen molar-refractivity contribution in [1.82, 2.24) is 9.62 Å². The molecule has 0 spiro atoms. The van der Waals surface area contributed by atoms with Gasteiger partial charge in [-0.3, -0.25) is 4.79 Å². The molecular weight excluding hydrogens is 468 g/mol. The number of nitrogens with zero attached hydrogens (tertiary/aromatic N) is 1. The molecule has 2 N–H and O–H groups in total. The van der Waals surface area contributed by atoms with E-state index in [2.05, 4.69) is 5.32 Å². The largest absolute Gasteiger partial charge is 0.480 e. The van der Waals surface area contributed by atoms with E-state index in [9.17, 15) is 40.7 Å². The molecule has 33 heavy (non-hydrogen) atoms. The molecule has 0 radical (unpaired) electrons. The first-order chi connectivity index (χ1) is 15.4. The van der Waals surface area contributed by atoms with Crippen LogP contribution < -0.4 is 5.32 Å². The average molecular weight is 488 g/mol. The van der Waals surface area contributed by atoms with Crippen LogP contribution in [0.1, 0.15) is 24.0 Å². The number of hydrogen-bond acceptors (Lipinski definition) is 4. The highest BCUT2D eigenvalue weighted by Crippen LogP contribution is 2.32. The summed E-state index contributed by atoms with van der Waals surface area (Å²) in [5.74, 6) is -2.77. The minimum Gasteiger partial charge on any atom is -0.480 e. The van der Waals surface area contributed by atoms with Gasteiger partial charge < -0.3 is 10.4 Å². The van der Waals surface area contributed by atoms with Gasteiger partial charge in [0.25, 0.3) is 0 Å².